The van der Waals surface area contributed by atoms with Gasteiger partial charge in [-0.15, -0.1) is 11.8 Å². The molecular weight excluding hydrogens is 384 g/mol. The highest BCUT2D eigenvalue weighted by molar-refractivity contribution is 8.00. The van der Waals surface area contributed by atoms with E-state index >= 15 is 0 Å². The monoisotopic (exact) mass is 408 g/mol. The van der Waals surface area contributed by atoms with Gasteiger partial charge in [0, 0.05) is 29.6 Å². The molecule has 1 amide bonds. The van der Waals surface area contributed by atoms with Crippen molar-refractivity contribution in [3.05, 3.63) is 52.9 Å². The molecule has 0 radical (unpaired) electrons. The number of carbonyl (C=O) groups is 1. The number of halogens is 1. The number of nitrogens with one attached hydrogen (secondary N) is 1. The molecule has 1 N–H and O–H groups in total. The standard InChI is InChI=1S/C20H25ClN2O3S/c1-14-3-8-19(26-14)18(23-9-11-25-12-10-23)13-22-20(24)15(2)27-17-6-4-16(21)5-7-17/h3-8,15,18H,9-13H2,1-2H3,(H,22,24). The third-order valence-electron chi connectivity index (χ3n) is 4.54. The molecule has 1 aromatic heterocycles. The second kappa shape index (κ2) is 9.64. The summed E-state index contributed by atoms with van der Waals surface area (Å²) in [6.45, 7) is 7.42. The number of amides is 1. The summed E-state index contributed by atoms with van der Waals surface area (Å²) in [5, 5.41) is 3.58. The number of benzene rings is 1. The zero-order chi connectivity index (χ0) is 19.2. The molecule has 1 aromatic carbocycles. The Morgan fingerprint density at radius 1 is 1.22 bits per heavy atom. The summed E-state index contributed by atoms with van der Waals surface area (Å²) in [4.78, 5) is 15.9. The molecule has 1 saturated heterocycles. The average molecular weight is 409 g/mol. The number of hydrogen-bond acceptors (Lipinski definition) is 5. The predicted molar refractivity (Wildman–Crippen MR) is 108 cm³/mol. The third-order valence-corrected chi connectivity index (χ3v) is 5.91. The van der Waals surface area contributed by atoms with E-state index in [0.29, 0.717) is 24.8 Å². The quantitative estimate of drug-likeness (QED) is 0.704. The van der Waals surface area contributed by atoms with Crippen molar-refractivity contribution in [2.45, 2.75) is 30.0 Å². The number of furan rings is 1. The maximum Gasteiger partial charge on any atom is 0.233 e. The summed E-state index contributed by atoms with van der Waals surface area (Å²) < 4.78 is 11.3. The summed E-state index contributed by atoms with van der Waals surface area (Å²) in [5.41, 5.74) is 0. The number of rotatable bonds is 7. The van der Waals surface area contributed by atoms with Crippen LogP contribution in [0, 0.1) is 6.92 Å². The van der Waals surface area contributed by atoms with Gasteiger partial charge < -0.3 is 14.5 Å². The van der Waals surface area contributed by atoms with Crippen LogP contribution in [0.5, 0.6) is 0 Å². The molecule has 0 bridgehead atoms. The van der Waals surface area contributed by atoms with Crippen LogP contribution >= 0.6 is 23.4 Å². The first-order valence-electron chi connectivity index (χ1n) is 9.11. The Hall–Kier alpha value is -1.47. The normalized spacial score (nSPS) is 17.4. The fraction of sp³-hybridized carbons (Fsp3) is 0.450. The molecular formula is C20H25ClN2O3S. The van der Waals surface area contributed by atoms with Crippen LogP contribution < -0.4 is 5.32 Å². The highest BCUT2D eigenvalue weighted by Gasteiger charge is 2.26. The van der Waals surface area contributed by atoms with E-state index in [1.54, 1.807) is 0 Å². The average Bonchev–Trinajstić information content (AvgIpc) is 3.10. The molecule has 2 heterocycles. The molecule has 2 unspecified atom stereocenters. The van der Waals surface area contributed by atoms with E-state index in [4.69, 9.17) is 20.8 Å². The van der Waals surface area contributed by atoms with Crippen LogP contribution in [-0.4, -0.2) is 48.9 Å². The predicted octanol–water partition coefficient (Wildman–Crippen LogP) is 3.91. The maximum atomic E-state index is 12.6. The van der Waals surface area contributed by atoms with Gasteiger partial charge >= 0.3 is 0 Å². The summed E-state index contributed by atoms with van der Waals surface area (Å²) in [6, 6.07) is 11.5. The zero-order valence-electron chi connectivity index (χ0n) is 15.6. The van der Waals surface area contributed by atoms with Crippen molar-refractivity contribution in [2.24, 2.45) is 0 Å². The van der Waals surface area contributed by atoms with Crippen molar-refractivity contribution in [1.29, 1.82) is 0 Å². The molecule has 3 rings (SSSR count). The molecule has 0 aliphatic carbocycles. The van der Waals surface area contributed by atoms with Crippen molar-refractivity contribution in [1.82, 2.24) is 10.2 Å². The molecule has 1 aliphatic rings. The van der Waals surface area contributed by atoms with E-state index in [1.807, 2.05) is 50.2 Å². The van der Waals surface area contributed by atoms with Crippen molar-refractivity contribution in [3.63, 3.8) is 0 Å². The topological polar surface area (TPSA) is 54.7 Å². The van der Waals surface area contributed by atoms with Crippen molar-refractivity contribution < 1.29 is 13.9 Å². The first-order valence-corrected chi connectivity index (χ1v) is 10.4. The van der Waals surface area contributed by atoms with Gasteiger partial charge in [0.1, 0.15) is 11.5 Å². The molecule has 27 heavy (non-hydrogen) atoms. The minimum absolute atomic E-state index is 0.0106. The second-order valence-electron chi connectivity index (χ2n) is 6.57. The van der Waals surface area contributed by atoms with Crippen LogP contribution in [0.1, 0.15) is 24.5 Å². The molecule has 2 aromatic rings. The number of nitrogens with zero attached hydrogens (tertiary/aromatic N) is 1. The fourth-order valence-electron chi connectivity index (χ4n) is 3.04. The van der Waals surface area contributed by atoms with Gasteiger partial charge in [-0.05, 0) is 50.2 Å². The lowest BCUT2D eigenvalue weighted by atomic mass is 10.1. The fourth-order valence-corrected chi connectivity index (χ4v) is 4.06. The summed E-state index contributed by atoms with van der Waals surface area (Å²) in [7, 11) is 0. The molecule has 1 aliphatic heterocycles. The highest BCUT2D eigenvalue weighted by atomic mass is 35.5. The molecule has 1 fully saturated rings. The van der Waals surface area contributed by atoms with Gasteiger partial charge in [-0.2, -0.15) is 0 Å². The Bertz CT molecular complexity index is 744. The Balaban J connectivity index is 1.59. The van der Waals surface area contributed by atoms with Crippen LogP contribution in [0.3, 0.4) is 0 Å². The Morgan fingerprint density at radius 3 is 2.56 bits per heavy atom. The second-order valence-corrected chi connectivity index (χ2v) is 8.42. The van der Waals surface area contributed by atoms with Crippen LogP contribution in [-0.2, 0) is 9.53 Å². The lowest BCUT2D eigenvalue weighted by Crippen LogP contribution is -2.44. The number of carbonyl (C=O) groups excluding carboxylic acids is 1. The van der Waals surface area contributed by atoms with E-state index in [9.17, 15) is 4.79 Å². The molecule has 7 heteroatoms. The SMILES string of the molecule is Cc1ccc(C(CNC(=O)C(C)Sc2ccc(Cl)cc2)N2CCOCC2)o1. The Morgan fingerprint density at radius 2 is 1.93 bits per heavy atom. The smallest absolute Gasteiger partial charge is 0.233 e. The maximum absolute atomic E-state index is 12.6. The summed E-state index contributed by atoms with van der Waals surface area (Å²) in [5.74, 6) is 1.77. The van der Waals surface area contributed by atoms with Gasteiger partial charge in [0.2, 0.25) is 5.91 Å². The van der Waals surface area contributed by atoms with Crippen molar-refractivity contribution in [3.8, 4) is 0 Å². The lowest BCUT2D eigenvalue weighted by molar-refractivity contribution is -0.120. The summed E-state index contributed by atoms with van der Waals surface area (Å²) in [6.07, 6.45) is 0. The van der Waals surface area contributed by atoms with Crippen LogP contribution in [0.4, 0.5) is 0 Å². The molecule has 2 atom stereocenters. The van der Waals surface area contributed by atoms with Crippen LogP contribution in [0.25, 0.3) is 0 Å². The summed E-state index contributed by atoms with van der Waals surface area (Å²) >= 11 is 7.44. The largest absolute Gasteiger partial charge is 0.465 e. The zero-order valence-corrected chi connectivity index (χ0v) is 17.2. The molecule has 0 spiro atoms. The third kappa shape index (κ3) is 5.75. The first kappa shape index (κ1) is 20.3. The van der Waals surface area contributed by atoms with E-state index in [-0.39, 0.29) is 17.2 Å². The minimum atomic E-state index is -0.199. The van der Waals surface area contributed by atoms with Crippen LogP contribution in [0.2, 0.25) is 5.02 Å². The van der Waals surface area contributed by atoms with Crippen LogP contribution in [0.15, 0.2) is 45.7 Å². The number of hydrogen-bond donors (Lipinski definition) is 1. The molecule has 0 saturated carbocycles. The first-order chi connectivity index (χ1) is 13.0. The van der Waals surface area contributed by atoms with E-state index in [1.165, 1.54) is 11.8 Å². The Labute approximate surface area is 169 Å². The molecule has 5 nitrogen and oxygen atoms in total. The van der Waals surface area contributed by atoms with Gasteiger partial charge in [0.15, 0.2) is 0 Å². The van der Waals surface area contributed by atoms with E-state index in [0.717, 1.165) is 29.5 Å². The minimum Gasteiger partial charge on any atom is -0.465 e. The van der Waals surface area contributed by atoms with Gasteiger partial charge in [-0.1, -0.05) is 11.6 Å². The highest BCUT2D eigenvalue weighted by Crippen LogP contribution is 2.26. The van der Waals surface area contributed by atoms with E-state index < -0.39 is 0 Å². The van der Waals surface area contributed by atoms with Gasteiger partial charge in [0.25, 0.3) is 0 Å². The lowest BCUT2D eigenvalue weighted by Gasteiger charge is -2.33. The van der Waals surface area contributed by atoms with Crippen molar-refractivity contribution >= 4 is 29.3 Å². The number of morpholine rings is 1. The molecule has 146 valence electrons. The number of aryl methyl sites for hydroxylation is 1. The Kier molecular flexibility index (Phi) is 7.24. The number of ether oxygens (including phenoxy) is 1. The van der Waals surface area contributed by atoms with Crippen molar-refractivity contribution in [2.75, 3.05) is 32.8 Å². The van der Waals surface area contributed by atoms with Gasteiger partial charge in [-0.3, -0.25) is 9.69 Å². The van der Waals surface area contributed by atoms with Gasteiger partial charge in [-0.25, -0.2) is 0 Å². The number of thioether (sulfide) groups is 1. The van der Waals surface area contributed by atoms with Gasteiger partial charge in [0.05, 0.1) is 24.5 Å². The van der Waals surface area contributed by atoms with E-state index in [2.05, 4.69) is 10.2 Å².